The zero-order valence-electron chi connectivity index (χ0n) is 11.3. The maximum atomic E-state index is 6.06. The van der Waals surface area contributed by atoms with Gasteiger partial charge in [-0.2, -0.15) is 5.10 Å². The number of aromatic nitrogens is 3. The molecule has 1 saturated heterocycles. The molecule has 1 fully saturated rings. The number of hydrogen-bond acceptors (Lipinski definition) is 4. The summed E-state index contributed by atoms with van der Waals surface area (Å²) in [4.78, 5) is 4.01. The van der Waals surface area contributed by atoms with Crippen molar-refractivity contribution in [1.29, 1.82) is 0 Å². The molecule has 1 aliphatic rings. The predicted molar refractivity (Wildman–Crippen MR) is 77.0 cm³/mol. The third-order valence-electron chi connectivity index (χ3n) is 3.33. The van der Waals surface area contributed by atoms with Crippen molar-refractivity contribution in [3.05, 3.63) is 22.6 Å². The quantitative estimate of drug-likeness (QED) is 0.799. The van der Waals surface area contributed by atoms with Crippen molar-refractivity contribution >= 4 is 34.1 Å². The highest BCUT2D eigenvalue weighted by Crippen LogP contribution is 2.26. The van der Waals surface area contributed by atoms with E-state index in [9.17, 15) is 0 Å². The molecule has 0 N–H and O–H groups in total. The van der Waals surface area contributed by atoms with Crippen molar-refractivity contribution in [3.63, 3.8) is 0 Å². The fourth-order valence-electron chi connectivity index (χ4n) is 2.23. The van der Waals surface area contributed by atoms with E-state index in [-0.39, 0.29) is 5.92 Å². The van der Waals surface area contributed by atoms with Crippen LogP contribution in [0, 0.1) is 5.92 Å². The van der Waals surface area contributed by atoms with Crippen LogP contribution in [0.1, 0.15) is 13.8 Å². The normalized spacial score (nSPS) is 19.6. The van der Waals surface area contributed by atoms with Crippen LogP contribution in [-0.2, 0) is 16.0 Å². The number of hydrogen-bond donors (Lipinski definition) is 0. The maximum absolute atomic E-state index is 6.06. The van der Waals surface area contributed by atoms with E-state index >= 15 is 0 Å². The van der Waals surface area contributed by atoms with Gasteiger partial charge in [0.15, 0.2) is 5.79 Å². The highest BCUT2D eigenvalue weighted by molar-refractivity contribution is 6.36. The Morgan fingerprint density at radius 1 is 1.35 bits per heavy atom. The van der Waals surface area contributed by atoms with E-state index in [4.69, 9.17) is 32.7 Å². The largest absolute Gasteiger partial charge is 0.350 e. The molecule has 0 aromatic carbocycles. The molecule has 108 valence electrons. The Morgan fingerprint density at radius 3 is 2.75 bits per heavy atom. The average Bonchev–Trinajstić information content (AvgIpc) is 2.75. The Balaban J connectivity index is 1.82. The summed E-state index contributed by atoms with van der Waals surface area (Å²) in [6.45, 7) is 5.80. The van der Waals surface area contributed by atoms with Gasteiger partial charge in [0.05, 0.1) is 30.3 Å². The summed E-state index contributed by atoms with van der Waals surface area (Å²) in [7, 11) is 0. The summed E-state index contributed by atoms with van der Waals surface area (Å²) in [6, 6.07) is 1.77. The van der Waals surface area contributed by atoms with Crippen LogP contribution < -0.4 is 0 Å². The van der Waals surface area contributed by atoms with Gasteiger partial charge in [0.2, 0.25) is 0 Å². The number of nitrogens with zero attached hydrogens (tertiary/aromatic N) is 3. The molecule has 0 atom stereocenters. The molecule has 0 unspecified atom stereocenters. The van der Waals surface area contributed by atoms with Crippen LogP contribution in [0.25, 0.3) is 10.9 Å². The topological polar surface area (TPSA) is 49.2 Å². The van der Waals surface area contributed by atoms with Crippen molar-refractivity contribution in [2.45, 2.75) is 26.2 Å². The standard InChI is InChI=1S/C13H15Cl2N3O2/c1-13(2)19-6-8(7-20-13)5-18-10-3-11(14)17-12(15)9(10)4-16-18/h3-4,8H,5-7H2,1-2H3. The van der Waals surface area contributed by atoms with E-state index in [2.05, 4.69) is 10.1 Å². The molecule has 0 radical (unpaired) electrons. The van der Waals surface area contributed by atoms with Crippen molar-refractivity contribution in [2.24, 2.45) is 5.92 Å². The lowest BCUT2D eigenvalue weighted by Crippen LogP contribution is -2.40. The Hall–Kier alpha value is -0.880. The highest BCUT2D eigenvalue weighted by Gasteiger charge is 2.28. The van der Waals surface area contributed by atoms with Crippen molar-refractivity contribution in [1.82, 2.24) is 14.8 Å². The van der Waals surface area contributed by atoms with Crippen LogP contribution in [0.5, 0.6) is 0 Å². The molecular weight excluding hydrogens is 301 g/mol. The molecule has 0 amide bonds. The minimum Gasteiger partial charge on any atom is -0.350 e. The molecule has 3 heterocycles. The van der Waals surface area contributed by atoms with E-state index in [0.29, 0.717) is 30.1 Å². The summed E-state index contributed by atoms with van der Waals surface area (Å²) in [5.74, 6) is -0.254. The van der Waals surface area contributed by atoms with Gasteiger partial charge < -0.3 is 9.47 Å². The van der Waals surface area contributed by atoms with Crippen LogP contribution in [0.4, 0.5) is 0 Å². The zero-order valence-corrected chi connectivity index (χ0v) is 12.8. The lowest BCUT2D eigenvalue weighted by molar-refractivity contribution is -0.263. The zero-order chi connectivity index (χ0) is 14.3. The van der Waals surface area contributed by atoms with Gasteiger partial charge in [-0.3, -0.25) is 4.68 Å². The van der Waals surface area contributed by atoms with E-state index in [1.165, 1.54) is 0 Å². The second kappa shape index (κ2) is 5.15. The van der Waals surface area contributed by atoms with Crippen molar-refractivity contribution in [3.8, 4) is 0 Å². The minimum atomic E-state index is -0.501. The van der Waals surface area contributed by atoms with Gasteiger partial charge in [0, 0.05) is 18.5 Å². The molecule has 7 heteroatoms. The van der Waals surface area contributed by atoms with Crippen LogP contribution in [0.15, 0.2) is 12.3 Å². The lowest BCUT2D eigenvalue weighted by Gasteiger charge is -2.34. The Labute approximate surface area is 126 Å². The number of rotatable bonds is 2. The first-order valence-electron chi connectivity index (χ1n) is 6.40. The molecule has 0 saturated carbocycles. The van der Waals surface area contributed by atoms with E-state index in [1.54, 1.807) is 12.3 Å². The smallest absolute Gasteiger partial charge is 0.162 e. The van der Waals surface area contributed by atoms with E-state index in [1.807, 2.05) is 18.5 Å². The van der Waals surface area contributed by atoms with Gasteiger partial charge in [0.25, 0.3) is 0 Å². The van der Waals surface area contributed by atoms with E-state index < -0.39 is 5.79 Å². The summed E-state index contributed by atoms with van der Waals surface area (Å²) < 4.78 is 13.2. The maximum Gasteiger partial charge on any atom is 0.162 e. The molecule has 0 spiro atoms. The van der Waals surface area contributed by atoms with Crippen molar-refractivity contribution in [2.75, 3.05) is 13.2 Å². The van der Waals surface area contributed by atoms with Crippen LogP contribution >= 0.6 is 23.2 Å². The highest BCUT2D eigenvalue weighted by atomic mass is 35.5. The summed E-state index contributed by atoms with van der Waals surface area (Å²) >= 11 is 12.0. The fraction of sp³-hybridized carbons (Fsp3) is 0.538. The number of fused-ring (bicyclic) bond motifs is 1. The van der Waals surface area contributed by atoms with Gasteiger partial charge in [-0.05, 0) is 13.8 Å². The summed E-state index contributed by atoms with van der Waals surface area (Å²) in [5, 5.41) is 5.88. The molecule has 2 aromatic rings. The SMILES string of the molecule is CC1(C)OCC(Cn2ncc3c(Cl)nc(Cl)cc32)CO1. The molecule has 0 aliphatic carbocycles. The number of ether oxygens (including phenoxy) is 2. The minimum absolute atomic E-state index is 0.247. The fourth-order valence-corrected chi connectivity index (χ4v) is 2.70. The van der Waals surface area contributed by atoms with Gasteiger partial charge in [-0.15, -0.1) is 0 Å². The second-order valence-electron chi connectivity index (χ2n) is 5.38. The van der Waals surface area contributed by atoms with Crippen molar-refractivity contribution < 1.29 is 9.47 Å². The molecule has 20 heavy (non-hydrogen) atoms. The van der Waals surface area contributed by atoms with Crippen LogP contribution in [0.2, 0.25) is 10.3 Å². The molecule has 5 nitrogen and oxygen atoms in total. The van der Waals surface area contributed by atoms with Gasteiger partial charge in [0.1, 0.15) is 10.3 Å². The molecule has 0 bridgehead atoms. The number of pyridine rings is 1. The third-order valence-corrected chi connectivity index (χ3v) is 3.81. The van der Waals surface area contributed by atoms with Gasteiger partial charge >= 0.3 is 0 Å². The first kappa shape index (κ1) is 14.1. The Kier molecular flexibility index (Phi) is 3.62. The Morgan fingerprint density at radius 2 is 2.05 bits per heavy atom. The first-order chi connectivity index (χ1) is 9.44. The summed E-state index contributed by atoms with van der Waals surface area (Å²) in [5.41, 5.74) is 0.875. The lowest BCUT2D eigenvalue weighted by atomic mass is 10.1. The average molecular weight is 316 g/mol. The van der Waals surface area contributed by atoms with E-state index in [0.717, 1.165) is 10.9 Å². The van der Waals surface area contributed by atoms with Gasteiger partial charge in [-0.25, -0.2) is 4.98 Å². The summed E-state index contributed by atoms with van der Waals surface area (Å²) in [6.07, 6.45) is 1.70. The molecule has 2 aromatic heterocycles. The molecule has 3 rings (SSSR count). The molecular formula is C13H15Cl2N3O2. The van der Waals surface area contributed by atoms with Gasteiger partial charge in [-0.1, -0.05) is 23.2 Å². The predicted octanol–water partition coefficient (Wildman–Crippen LogP) is 3.14. The molecule has 1 aliphatic heterocycles. The van der Waals surface area contributed by atoms with Crippen LogP contribution in [0.3, 0.4) is 0 Å². The first-order valence-corrected chi connectivity index (χ1v) is 7.16. The third kappa shape index (κ3) is 2.76. The van der Waals surface area contributed by atoms with Crippen LogP contribution in [-0.4, -0.2) is 33.8 Å². The number of halogens is 2. The second-order valence-corrected chi connectivity index (χ2v) is 6.13. The Bertz CT molecular complexity index is 632. The monoisotopic (exact) mass is 315 g/mol.